The molecule has 0 aliphatic heterocycles. The van der Waals surface area contributed by atoms with Gasteiger partial charge in [0.05, 0.1) is 16.1 Å². The van der Waals surface area contributed by atoms with Crippen LogP contribution in [0.4, 0.5) is 17.1 Å². The zero-order valence-electron chi connectivity index (χ0n) is 29.6. The number of anilines is 3. The fraction of sp³-hybridized carbons (Fsp3) is 0. The van der Waals surface area contributed by atoms with Gasteiger partial charge in [-0.3, -0.25) is 0 Å². The molecular formula is C52H35NS. The maximum atomic E-state index is 2.46. The molecule has 0 saturated heterocycles. The number of hydrogen-bond donors (Lipinski definition) is 0. The molecular weight excluding hydrogens is 671 g/mol. The Balaban J connectivity index is 1.20. The van der Waals surface area contributed by atoms with Gasteiger partial charge in [0.25, 0.3) is 0 Å². The summed E-state index contributed by atoms with van der Waals surface area (Å²) in [4.78, 5) is 2.46. The maximum Gasteiger partial charge on any atom is 0.0640 e. The Morgan fingerprint density at radius 1 is 0.296 bits per heavy atom. The maximum absolute atomic E-state index is 2.46. The van der Waals surface area contributed by atoms with Gasteiger partial charge in [-0.2, -0.15) is 0 Å². The first-order valence-corrected chi connectivity index (χ1v) is 19.2. The van der Waals surface area contributed by atoms with E-state index in [4.69, 9.17) is 0 Å². The van der Waals surface area contributed by atoms with Crippen LogP contribution in [0, 0.1) is 0 Å². The van der Waals surface area contributed by atoms with Crippen molar-refractivity contribution in [3.8, 4) is 44.5 Å². The molecule has 1 aromatic heterocycles. The Bertz CT molecular complexity index is 2910. The number of thiophene rings is 1. The van der Waals surface area contributed by atoms with Gasteiger partial charge < -0.3 is 4.90 Å². The lowest BCUT2D eigenvalue weighted by Gasteiger charge is -2.28. The van der Waals surface area contributed by atoms with Gasteiger partial charge in [0, 0.05) is 32.3 Å². The number of nitrogens with zero attached hydrogens (tertiary/aromatic N) is 1. The highest BCUT2D eigenvalue weighted by Gasteiger charge is 2.22. The van der Waals surface area contributed by atoms with Crippen LogP contribution < -0.4 is 4.90 Å². The Kier molecular flexibility index (Phi) is 8.09. The summed E-state index contributed by atoms with van der Waals surface area (Å²) < 4.78 is 2.56. The van der Waals surface area contributed by atoms with Gasteiger partial charge in [0.1, 0.15) is 0 Å². The second kappa shape index (κ2) is 13.7. The van der Waals surface area contributed by atoms with Crippen molar-refractivity contribution in [3.05, 3.63) is 212 Å². The Labute approximate surface area is 319 Å². The van der Waals surface area contributed by atoms with Crippen molar-refractivity contribution < 1.29 is 0 Å². The summed E-state index contributed by atoms with van der Waals surface area (Å²) in [7, 11) is 0. The molecule has 0 saturated carbocycles. The van der Waals surface area contributed by atoms with E-state index in [2.05, 4.69) is 217 Å². The van der Waals surface area contributed by atoms with E-state index in [0.717, 1.165) is 17.1 Å². The van der Waals surface area contributed by atoms with Crippen LogP contribution in [0.25, 0.3) is 75.5 Å². The summed E-state index contributed by atoms with van der Waals surface area (Å²) in [5.74, 6) is 0. The molecule has 10 rings (SSSR count). The Morgan fingerprint density at radius 3 is 1.61 bits per heavy atom. The molecule has 0 bridgehead atoms. The topological polar surface area (TPSA) is 3.24 Å². The fourth-order valence-electron chi connectivity index (χ4n) is 7.80. The van der Waals surface area contributed by atoms with E-state index in [1.54, 1.807) is 0 Å². The molecule has 0 fully saturated rings. The van der Waals surface area contributed by atoms with Crippen molar-refractivity contribution in [2.45, 2.75) is 0 Å². The monoisotopic (exact) mass is 705 g/mol. The van der Waals surface area contributed by atoms with Gasteiger partial charge in [-0.1, -0.05) is 170 Å². The van der Waals surface area contributed by atoms with Crippen molar-refractivity contribution in [2.24, 2.45) is 0 Å². The molecule has 1 nitrogen and oxygen atoms in total. The van der Waals surface area contributed by atoms with Gasteiger partial charge >= 0.3 is 0 Å². The molecule has 0 amide bonds. The molecule has 0 spiro atoms. The molecule has 1 heterocycles. The van der Waals surface area contributed by atoms with Crippen LogP contribution in [0.15, 0.2) is 212 Å². The van der Waals surface area contributed by atoms with E-state index >= 15 is 0 Å². The molecule has 2 heteroatoms. The van der Waals surface area contributed by atoms with Gasteiger partial charge in [0.15, 0.2) is 0 Å². The standard InChI is InChI=1S/C52H35NS/c1-4-15-36(16-5-1)43-34-47(40-20-8-3-9-21-40)51-48(35-43)46-24-14-26-50(52(46)54-51)53(49-25-13-12-23-45(49)39-18-6-2-7-19-39)44-31-29-38(30-32-44)42-28-27-37-17-10-11-22-41(37)33-42/h1-35H. The minimum atomic E-state index is 1.11. The third kappa shape index (κ3) is 5.74. The highest BCUT2D eigenvalue weighted by atomic mass is 32.1. The molecule has 0 N–H and O–H groups in total. The summed E-state index contributed by atoms with van der Waals surface area (Å²) in [6.07, 6.45) is 0. The predicted molar refractivity (Wildman–Crippen MR) is 233 cm³/mol. The van der Waals surface area contributed by atoms with E-state index in [1.807, 2.05) is 11.3 Å². The molecule has 9 aromatic carbocycles. The van der Waals surface area contributed by atoms with Gasteiger partial charge in [-0.15, -0.1) is 11.3 Å². The van der Waals surface area contributed by atoms with E-state index < -0.39 is 0 Å². The molecule has 0 atom stereocenters. The predicted octanol–water partition coefficient (Wildman–Crippen LogP) is 15.3. The number of fused-ring (bicyclic) bond motifs is 4. The van der Waals surface area contributed by atoms with Crippen LogP contribution in [-0.2, 0) is 0 Å². The molecule has 0 unspecified atom stereocenters. The van der Waals surface area contributed by atoms with Crippen LogP contribution in [-0.4, -0.2) is 0 Å². The van der Waals surface area contributed by atoms with Crippen LogP contribution in [0.5, 0.6) is 0 Å². The highest BCUT2D eigenvalue weighted by Crippen LogP contribution is 2.49. The van der Waals surface area contributed by atoms with Gasteiger partial charge in [-0.25, -0.2) is 0 Å². The number of para-hydroxylation sites is 1. The number of rotatable bonds is 7. The van der Waals surface area contributed by atoms with Crippen LogP contribution >= 0.6 is 11.3 Å². The molecule has 0 aliphatic rings. The zero-order valence-corrected chi connectivity index (χ0v) is 30.4. The normalized spacial score (nSPS) is 11.3. The molecule has 0 aliphatic carbocycles. The molecule has 0 radical (unpaired) electrons. The van der Waals surface area contributed by atoms with E-state index in [0.29, 0.717) is 0 Å². The van der Waals surface area contributed by atoms with Crippen molar-refractivity contribution in [3.63, 3.8) is 0 Å². The van der Waals surface area contributed by atoms with Crippen LogP contribution in [0.3, 0.4) is 0 Å². The van der Waals surface area contributed by atoms with Crippen molar-refractivity contribution in [2.75, 3.05) is 4.90 Å². The van der Waals surface area contributed by atoms with E-state index in [1.165, 1.54) is 75.5 Å². The first-order chi connectivity index (χ1) is 26.8. The molecule has 10 aromatic rings. The summed E-state index contributed by atoms with van der Waals surface area (Å²) in [5.41, 5.74) is 13.1. The Morgan fingerprint density at radius 2 is 0.870 bits per heavy atom. The first kappa shape index (κ1) is 32.0. The fourth-order valence-corrected chi connectivity index (χ4v) is 9.12. The summed E-state index contributed by atoms with van der Waals surface area (Å²) in [6, 6.07) is 77.1. The van der Waals surface area contributed by atoms with Crippen molar-refractivity contribution in [1.82, 2.24) is 0 Å². The highest BCUT2D eigenvalue weighted by molar-refractivity contribution is 7.27. The molecule has 54 heavy (non-hydrogen) atoms. The van der Waals surface area contributed by atoms with Gasteiger partial charge in [-0.05, 0) is 86.6 Å². The second-order valence-electron chi connectivity index (χ2n) is 13.7. The second-order valence-corrected chi connectivity index (χ2v) is 14.7. The van der Waals surface area contributed by atoms with E-state index in [9.17, 15) is 0 Å². The lowest BCUT2D eigenvalue weighted by molar-refractivity contribution is 1.30. The average molecular weight is 706 g/mol. The third-order valence-corrected chi connectivity index (χ3v) is 11.7. The van der Waals surface area contributed by atoms with Crippen LogP contribution in [0.2, 0.25) is 0 Å². The largest absolute Gasteiger partial charge is 0.308 e. The van der Waals surface area contributed by atoms with Crippen molar-refractivity contribution in [1.29, 1.82) is 0 Å². The Hall–Kier alpha value is -6.74. The van der Waals surface area contributed by atoms with Crippen LogP contribution in [0.1, 0.15) is 0 Å². The quantitative estimate of drug-likeness (QED) is 0.160. The SMILES string of the molecule is c1ccc(-c2cc(-c3ccccc3)c3sc4c(N(c5ccc(-c6ccc7ccccc7c6)cc5)c5ccccc5-c5ccccc5)cccc4c3c2)cc1. The minimum absolute atomic E-state index is 1.11. The lowest BCUT2D eigenvalue weighted by atomic mass is 9.96. The molecule has 254 valence electrons. The summed E-state index contributed by atoms with van der Waals surface area (Å²) in [5, 5.41) is 5.04. The first-order valence-electron chi connectivity index (χ1n) is 18.4. The lowest BCUT2D eigenvalue weighted by Crippen LogP contribution is -2.11. The summed E-state index contributed by atoms with van der Waals surface area (Å²) >= 11 is 1.89. The summed E-state index contributed by atoms with van der Waals surface area (Å²) in [6.45, 7) is 0. The minimum Gasteiger partial charge on any atom is -0.308 e. The number of hydrogen-bond acceptors (Lipinski definition) is 2. The smallest absolute Gasteiger partial charge is 0.0640 e. The zero-order chi connectivity index (χ0) is 35.8. The van der Waals surface area contributed by atoms with E-state index in [-0.39, 0.29) is 0 Å². The average Bonchev–Trinajstić information content (AvgIpc) is 3.64. The van der Waals surface area contributed by atoms with Crippen molar-refractivity contribution >= 4 is 59.3 Å². The third-order valence-electron chi connectivity index (χ3n) is 10.4. The number of benzene rings is 9. The van der Waals surface area contributed by atoms with Gasteiger partial charge in [0.2, 0.25) is 0 Å².